The van der Waals surface area contributed by atoms with E-state index in [0.29, 0.717) is 10.6 Å². The van der Waals surface area contributed by atoms with Gasteiger partial charge in [-0.2, -0.15) is 5.10 Å². The smallest absolute Gasteiger partial charge is 0.271 e. The van der Waals surface area contributed by atoms with Crippen molar-refractivity contribution < 1.29 is 4.79 Å². The molecule has 3 aromatic carbocycles. The van der Waals surface area contributed by atoms with Crippen molar-refractivity contribution in [2.45, 2.75) is 20.0 Å². The first-order valence-electron chi connectivity index (χ1n) is 9.11. The van der Waals surface area contributed by atoms with Crippen LogP contribution in [0.15, 0.2) is 71.8 Å². The van der Waals surface area contributed by atoms with Gasteiger partial charge in [0.25, 0.3) is 5.91 Å². The summed E-state index contributed by atoms with van der Waals surface area (Å²) in [5, 5.41) is 4.70. The normalized spacial score (nSPS) is 13.0. The molecule has 0 aliphatic carbocycles. The summed E-state index contributed by atoms with van der Waals surface area (Å²) in [4.78, 5) is 14.7. The van der Waals surface area contributed by atoms with Crippen molar-refractivity contribution in [2.75, 3.05) is 4.90 Å². The summed E-state index contributed by atoms with van der Waals surface area (Å²) in [7, 11) is 0. The summed E-state index contributed by atoms with van der Waals surface area (Å²) < 4.78 is 0. The van der Waals surface area contributed by atoms with Crippen LogP contribution in [0.3, 0.4) is 0 Å². The maximum atomic E-state index is 12.4. The lowest BCUT2D eigenvalue weighted by Gasteiger charge is -2.17. The molecule has 0 bridgehead atoms. The summed E-state index contributed by atoms with van der Waals surface area (Å²) in [6.07, 6.45) is 1.60. The highest BCUT2D eigenvalue weighted by Gasteiger charge is 2.20. The number of carbonyl (C=O) groups is 1. The number of anilines is 1. The number of aryl methyl sites for hydroxylation is 1. The topological polar surface area (TPSA) is 44.7 Å². The number of hydrogen-bond acceptors (Lipinski definition) is 3. The number of nitrogens with zero attached hydrogens (tertiary/aromatic N) is 2. The van der Waals surface area contributed by atoms with E-state index in [1.165, 1.54) is 22.4 Å². The van der Waals surface area contributed by atoms with Crippen LogP contribution < -0.4 is 10.3 Å². The summed E-state index contributed by atoms with van der Waals surface area (Å²) in [5.74, 6) is -0.221. The first-order chi connectivity index (χ1) is 13.6. The Morgan fingerprint density at radius 3 is 2.46 bits per heavy atom. The molecule has 28 heavy (non-hydrogen) atoms. The minimum atomic E-state index is -0.221. The van der Waals surface area contributed by atoms with Crippen LogP contribution in [0.1, 0.15) is 32.6 Å². The number of halogens is 1. The van der Waals surface area contributed by atoms with Crippen LogP contribution >= 0.6 is 11.6 Å². The van der Waals surface area contributed by atoms with Crippen molar-refractivity contribution in [3.05, 3.63) is 99.6 Å². The monoisotopic (exact) mass is 389 g/mol. The maximum absolute atomic E-state index is 12.4. The first-order valence-corrected chi connectivity index (χ1v) is 9.49. The van der Waals surface area contributed by atoms with E-state index in [1.54, 1.807) is 18.3 Å². The molecule has 1 N–H and O–H groups in total. The molecule has 3 aromatic rings. The van der Waals surface area contributed by atoms with E-state index in [0.717, 1.165) is 18.7 Å². The van der Waals surface area contributed by atoms with E-state index in [9.17, 15) is 4.79 Å². The molecule has 0 aromatic heterocycles. The minimum absolute atomic E-state index is 0.221. The fourth-order valence-corrected chi connectivity index (χ4v) is 3.38. The SMILES string of the molecule is Cc1ccc(N2Cc3ccc(C(=O)N/N=C/c4ccc(Cl)cc4)cc3C2)cc1. The third-order valence-corrected chi connectivity index (χ3v) is 5.09. The molecule has 0 spiro atoms. The molecule has 0 saturated carbocycles. The Morgan fingerprint density at radius 1 is 1.00 bits per heavy atom. The minimum Gasteiger partial charge on any atom is -0.363 e. The first kappa shape index (κ1) is 18.3. The Hall–Kier alpha value is -3.11. The Kier molecular flexibility index (Phi) is 5.13. The molecular formula is C23H20ClN3O. The second kappa shape index (κ2) is 7.87. The highest BCUT2D eigenvalue weighted by atomic mass is 35.5. The highest BCUT2D eigenvalue weighted by molar-refractivity contribution is 6.30. The predicted octanol–water partition coefficient (Wildman–Crippen LogP) is 4.93. The Labute approximate surface area is 169 Å². The predicted molar refractivity (Wildman–Crippen MR) is 114 cm³/mol. The Balaban J connectivity index is 1.42. The molecule has 0 saturated heterocycles. The van der Waals surface area contributed by atoms with E-state index in [2.05, 4.69) is 46.6 Å². The standard InChI is InChI=1S/C23H20ClN3O/c1-16-2-10-22(11-3-16)27-14-19-7-6-18(12-20(19)15-27)23(28)26-25-13-17-4-8-21(24)9-5-17/h2-13H,14-15H2,1H3,(H,26,28)/b25-13+. The van der Waals surface area contributed by atoms with E-state index in [4.69, 9.17) is 11.6 Å². The number of benzene rings is 3. The molecule has 4 nitrogen and oxygen atoms in total. The molecule has 5 heteroatoms. The number of carbonyl (C=O) groups excluding carboxylic acids is 1. The van der Waals surface area contributed by atoms with Gasteiger partial charge in [-0.05, 0) is 60.0 Å². The molecule has 0 fully saturated rings. The van der Waals surface area contributed by atoms with Crippen LogP contribution in [0.25, 0.3) is 0 Å². The van der Waals surface area contributed by atoms with E-state index in [1.807, 2.05) is 30.3 Å². The lowest BCUT2D eigenvalue weighted by Crippen LogP contribution is -2.17. The van der Waals surface area contributed by atoms with Crippen LogP contribution in [-0.2, 0) is 13.1 Å². The second-order valence-corrected chi connectivity index (χ2v) is 7.36. The number of rotatable bonds is 4. The van der Waals surface area contributed by atoms with Gasteiger partial charge >= 0.3 is 0 Å². The van der Waals surface area contributed by atoms with E-state index >= 15 is 0 Å². The van der Waals surface area contributed by atoms with Gasteiger partial charge in [0.15, 0.2) is 0 Å². The van der Waals surface area contributed by atoms with Crippen LogP contribution in [0.4, 0.5) is 5.69 Å². The lowest BCUT2D eigenvalue weighted by molar-refractivity contribution is 0.0955. The third kappa shape index (κ3) is 4.07. The van der Waals surface area contributed by atoms with Gasteiger partial charge in [0.1, 0.15) is 0 Å². The molecule has 0 atom stereocenters. The molecule has 1 amide bonds. The average molecular weight is 390 g/mol. The van der Waals surface area contributed by atoms with Crippen molar-refractivity contribution in [1.29, 1.82) is 0 Å². The van der Waals surface area contributed by atoms with Crippen LogP contribution in [0, 0.1) is 6.92 Å². The molecule has 1 aliphatic rings. The number of amides is 1. The summed E-state index contributed by atoms with van der Waals surface area (Å²) in [6, 6.07) is 21.6. The van der Waals surface area contributed by atoms with Crippen molar-refractivity contribution in [2.24, 2.45) is 5.10 Å². The van der Waals surface area contributed by atoms with E-state index < -0.39 is 0 Å². The molecule has 1 heterocycles. The van der Waals surface area contributed by atoms with Gasteiger partial charge in [0.2, 0.25) is 0 Å². The molecule has 1 aliphatic heterocycles. The zero-order valence-corrected chi connectivity index (χ0v) is 16.3. The van der Waals surface area contributed by atoms with Gasteiger partial charge in [-0.25, -0.2) is 5.43 Å². The van der Waals surface area contributed by atoms with Gasteiger partial charge < -0.3 is 4.90 Å². The quantitative estimate of drug-likeness (QED) is 0.507. The number of nitrogens with one attached hydrogen (secondary N) is 1. The van der Waals surface area contributed by atoms with Crippen LogP contribution in [0.5, 0.6) is 0 Å². The largest absolute Gasteiger partial charge is 0.363 e. The van der Waals surface area contributed by atoms with Gasteiger partial charge in [0, 0.05) is 29.4 Å². The number of fused-ring (bicyclic) bond motifs is 1. The molecule has 0 radical (unpaired) electrons. The zero-order chi connectivity index (χ0) is 19.5. The highest BCUT2D eigenvalue weighted by Crippen LogP contribution is 2.29. The van der Waals surface area contributed by atoms with Gasteiger partial charge in [0.05, 0.1) is 6.21 Å². The molecule has 4 rings (SSSR count). The van der Waals surface area contributed by atoms with Gasteiger partial charge in [-0.1, -0.05) is 47.5 Å². The number of hydrogen-bond donors (Lipinski definition) is 1. The zero-order valence-electron chi connectivity index (χ0n) is 15.5. The molecule has 140 valence electrons. The van der Waals surface area contributed by atoms with Crippen LogP contribution in [-0.4, -0.2) is 12.1 Å². The Bertz CT molecular complexity index is 1030. The van der Waals surface area contributed by atoms with Gasteiger partial charge in [-0.15, -0.1) is 0 Å². The van der Waals surface area contributed by atoms with E-state index in [-0.39, 0.29) is 5.91 Å². The second-order valence-electron chi connectivity index (χ2n) is 6.93. The molecule has 0 unspecified atom stereocenters. The van der Waals surface area contributed by atoms with Crippen LogP contribution in [0.2, 0.25) is 5.02 Å². The average Bonchev–Trinajstić information content (AvgIpc) is 3.13. The van der Waals surface area contributed by atoms with Crippen molar-refractivity contribution in [3.63, 3.8) is 0 Å². The van der Waals surface area contributed by atoms with Crippen molar-refractivity contribution >= 4 is 29.4 Å². The van der Waals surface area contributed by atoms with Gasteiger partial charge in [-0.3, -0.25) is 4.79 Å². The third-order valence-electron chi connectivity index (χ3n) is 4.84. The summed E-state index contributed by atoms with van der Waals surface area (Å²) in [6.45, 7) is 3.74. The lowest BCUT2D eigenvalue weighted by atomic mass is 10.1. The van der Waals surface area contributed by atoms with Crippen molar-refractivity contribution in [1.82, 2.24) is 5.43 Å². The Morgan fingerprint density at radius 2 is 1.71 bits per heavy atom. The molecular weight excluding hydrogens is 370 g/mol. The van der Waals surface area contributed by atoms with Crippen molar-refractivity contribution in [3.8, 4) is 0 Å². The summed E-state index contributed by atoms with van der Waals surface area (Å²) >= 11 is 5.86. The summed E-state index contributed by atoms with van der Waals surface area (Å²) in [5.41, 5.74) is 8.93. The maximum Gasteiger partial charge on any atom is 0.271 e. The fraction of sp³-hybridized carbons (Fsp3) is 0.130. The number of hydrazone groups is 1. The fourth-order valence-electron chi connectivity index (χ4n) is 3.25.